The van der Waals surface area contributed by atoms with Gasteiger partial charge in [-0.05, 0) is 12.0 Å². The van der Waals surface area contributed by atoms with Crippen LogP contribution in [0.4, 0.5) is 4.79 Å². The lowest BCUT2D eigenvalue weighted by atomic mass is 9.97. The Bertz CT molecular complexity index is 416. The predicted molar refractivity (Wildman–Crippen MR) is 68.1 cm³/mol. The molecule has 1 saturated heterocycles. The highest BCUT2D eigenvalue weighted by Crippen LogP contribution is 2.19. The molecule has 0 aliphatic carbocycles. The summed E-state index contributed by atoms with van der Waals surface area (Å²) in [5, 5.41) is 9.38. The summed E-state index contributed by atoms with van der Waals surface area (Å²) in [6.07, 6.45) is 4.04. The van der Waals surface area contributed by atoms with Crippen molar-refractivity contribution in [1.82, 2.24) is 4.90 Å². The number of benzene rings is 1. The lowest BCUT2D eigenvalue weighted by molar-refractivity contribution is 0.166. The fourth-order valence-corrected chi connectivity index (χ4v) is 1.93. The Kier molecular flexibility index (Phi) is 4.36. The van der Waals surface area contributed by atoms with Crippen molar-refractivity contribution in [3.63, 3.8) is 0 Å². The van der Waals surface area contributed by atoms with E-state index in [1.807, 2.05) is 36.4 Å². The average Bonchev–Trinajstić information content (AvgIpc) is 2.81. The van der Waals surface area contributed by atoms with Gasteiger partial charge in [-0.3, -0.25) is 4.90 Å². The first-order valence-corrected chi connectivity index (χ1v) is 6.07. The molecule has 0 saturated carbocycles. The summed E-state index contributed by atoms with van der Waals surface area (Å²) in [6.45, 7) is 1.15. The fraction of sp³-hybridized carbons (Fsp3) is 0.357. The molecule has 18 heavy (non-hydrogen) atoms. The third-order valence-corrected chi connectivity index (χ3v) is 2.99. The van der Waals surface area contributed by atoms with E-state index in [9.17, 15) is 9.90 Å². The molecule has 2 rings (SSSR count). The largest absolute Gasteiger partial charge is 0.447 e. The Hall–Kier alpha value is -1.81. The zero-order valence-electron chi connectivity index (χ0n) is 10.2. The molecule has 1 aromatic carbocycles. The number of carbonyl (C=O) groups is 1. The molecule has 1 amide bonds. The van der Waals surface area contributed by atoms with E-state index in [2.05, 4.69) is 0 Å². The van der Waals surface area contributed by atoms with Crippen LogP contribution in [-0.4, -0.2) is 35.9 Å². The summed E-state index contributed by atoms with van der Waals surface area (Å²) in [5.41, 5.74) is 1.11. The Labute approximate surface area is 106 Å². The van der Waals surface area contributed by atoms with Crippen molar-refractivity contribution in [2.75, 3.05) is 19.8 Å². The van der Waals surface area contributed by atoms with Gasteiger partial charge in [0.05, 0.1) is 13.2 Å². The van der Waals surface area contributed by atoms with Crippen molar-refractivity contribution < 1.29 is 14.6 Å². The number of carbonyl (C=O) groups excluding carboxylic acids is 1. The number of cyclic esters (lactones) is 1. The van der Waals surface area contributed by atoms with Crippen LogP contribution in [0.15, 0.2) is 42.6 Å². The van der Waals surface area contributed by atoms with Crippen molar-refractivity contribution in [2.45, 2.75) is 12.3 Å². The third-order valence-electron chi connectivity index (χ3n) is 2.99. The predicted octanol–water partition coefficient (Wildman–Crippen LogP) is 2.12. The SMILES string of the molecule is O=C1OCCN1/C=C/CC(CO)c1ccccc1. The van der Waals surface area contributed by atoms with Crippen molar-refractivity contribution >= 4 is 6.09 Å². The van der Waals surface area contributed by atoms with E-state index in [0.717, 1.165) is 5.56 Å². The Morgan fingerprint density at radius 2 is 2.17 bits per heavy atom. The maximum Gasteiger partial charge on any atom is 0.413 e. The van der Waals surface area contributed by atoms with E-state index in [1.54, 1.807) is 11.1 Å². The Morgan fingerprint density at radius 3 is 2.78 bits per heavy atom. The standard InChI is InChI=1S/C14H17NO3/c16-11-13(12-5-2-1-3-6-12)7-4-8-15-9-10-18-14(15)17/h1-6,8,13,16H,7,9-11H2/b8-4+. The highest BCUT2D eigenvalue weighted by Gasteiger charge is 2.19. The normalized spacial score (nSPS) is 17.2. The number of ether oxygens (including phenoxy) is 1. The number of amides is 1. The molecule has 0 radical (unpaired) electrons. The average molecular weight is 247 g/mol. The van der Waals surface area contributed by atoms with E-state index < -0.39 is 0 Å². The van der Waals surface area contributed by atoms with Crippen LogP contribution in [0.25, 0.3) is 0 Å². The van der Waals surface area contributed by atoms with Gasteiger partial charge in [0, 0.05) is 12.1 Å². The summed E-state index contributed by atoms with van der Waals surface area (Å²) in [6, 6.07) is 9.87. The monoisotopic (exact) mass is 247 g/mol. The maximum atomic E-state index is 11.2. The molecule has 0 spiro atoms. The van der Waals surface area contributed by atoms with Crippen LogP contribution in [-0.2, 0) is 4.74 Å². The second-order valence-electron chi connectivity index (χ2n) is 4.22. The maximum absolute atomic E-state index is 11.2. The minimum Gasteiger partial charge on any atom is -0.447 e. The van der Waals surface area contributed by atoms with Crippen molar-refractivity contribution in [1.29, 1.82) is 0 Å². The van der Waals surface area contributed by atoms with Gasteiger partial charge in [0.2, 0.25) is 0 Å². The molecule has 1 N–H and O–H groups in total. The number of aliphatic hydroxyl groups excluding tert-OH is 1. The first kappa shape index (κ1) is 12.6. The number of hydrogen-bond donors (Lipinski definition) is 1. The molecule has 1 heterocycles. The van der Waals surface area contributed by atoms with Gasteiger partial charge in [0.15, 0.2) is 0 Å². The quantitative estimate of drug-likeness (QED) is 0.867. The molecule has 4 nitrogen and oxygen atoms in total. The van der Waals surface area contributed by atoms with Crippen LogP contribution < -0.4 is 0 Å². The van der Waals surface area contributed by atoms with E-state index in [4.69, 9.17) is 4.74 Å². The summed E-state index contributed by atoms with van der Waals surface area (Å²) in [7, 11) is 0. The second-order valence-corrected chi connectivity index (χ2v) is 4.22. The number of aliphatic hydroxyl groups is 1. The van der Waals surface area contributed by atoms with Gasteiger partial charge in [-0.2, -0.15) is 0 Å². The Morgan fingerprint density at radius 1 is 1.39 bits per heavy atom. The summed E-state index contributed by atoms with van der Waals surface area (Å²) >= 11 is 0. The molecule has 1 aromatic rings. The fourth-order valence-electron chi connectivity index (χ4n) is 1.93. The smallest absolute Gasteiger partial charge is 0.413 e. The van der Waals surface area contributed by atoms with Gasteiger partial charge in [-0.25, -0.2) is 4.79 Å². The zero-order valence-corrected chi connectivity index (χ0v) is 10.2. The van der Waals surface area contributed by atoms with Crippen LogP contribution in [0.1, 0.15) is 17.9 Å². The van der Waals surface area contributed by atoms with Crippen LogP contribution in [0, 0.1) is 0 Å². The minimum atomic E-state index is -0.300. The van der Waals surface area contributed by atoms with Crippen LogP contribution in [0.2, 0.25) is 0 Å². The molecule has 1 fully saturated rings. The molecular weight excluding hydrogens is 230 g/mol. The topological polar surface area (TPSA) is 49.8 Å². The summed E-state index contributed by atoms with van der Waals surface area (Å²) < 4.78 is 4.82. The second kappa shape index (κ2) is 6.21. The number of hydrogen-bond acceptors (Lipinski definition) is 3. The van der Waals surface area contributed by atoms with Crippen LogP contribution >= 0.6 is 0 Å². The molecule has 0 aromatic heterocycles. The minimum absolute atomic E-state index is 0.0704. The van der Waals surface area contributed by atoms with Gasteiger partial charge < -0.3 is 9.84 Å². The van der Waals surface area contributed by atoms with E-state index in [0.29, 0.717) is 19.6 Å². The molecular formula is C14H17NO3. The summed E-state index contributed by atoms with van der Waals surface area (Å²) in [4.78, 5) is 12.7. The van der Waals surface area contributed by atoms with E-state index in [1.165, 1.54) is 0 Å². The molecule has 0 bridgehead atoms. The highest BCUT2D eigenvalue weighted by atomic mass is 16.6. The lowest BCUT2D eigenvalue weighted by Crippen LogP contribution is -2.16. The number of nitrogens with zero attached hydrogens (tertiary/aromatic N) is 1. The van der Waals surface area contributed by atoms with Gasteiger partial charge in [0.1, 0.15) is 6.61 Å². The van der Waals surface area contributed by atoms with Gasteiger partial charge in [-0.15, -0.1) is 0 Å². The Balaban J connectivity index is 1.91. The van der Waals surface area contributed by atoms with Gasteiger partial charge in [-0.1, -0.05) is 36.4 Å². The molecule has 1 aliphatic rings. The molecule has 4 heteroatoms. The van der Waals surface area contributed by atoms with Crippen LogP contribution in [0.5, 0.6) is 0 Å². The van der Waals surface area contributed by atoms with Crippen LogP contribution in [0.3, 0.4) is 0 Å². The molecule has 1 atom stereocenters. The molecule has 1 aliphatic heterocycles. The molecule has 96 valence electrons. The number of rotatable bonds is 5. The van der Waals surface area contributed by atoms with Crippen molar-refractivity contribution in [3.05, 3.63) is 48.2 Å². The van der Waals surface area contributed by atoms with E-state index >= 15 is 0 Å². The van der Waals surface area contributed by atoms with Crippen molar-refractivity contribution in [2.24, 2.45) is 0 Å². The van der Waals surface area contributed by atoms with Crippen molar-refractivity contribution in [3.8, 4) is 0 Å². The first-order chi connectivity index (χ1) is 8.81. The number of allylic oxidation sites excluding steroid dienone is 1. The summed E-state index contributed by atoms with van der Waals surface area (Å²) in [5.74, 6) is 0.0704. The zero-order chi connectivity index (χ0) is 12.8. The third kappa shape index (κ3) is 3.11. The van der Waals surface area contributed by atoms with Gasteiger partial charge >= 0.3 is 6.09 Å². The van der Waals surface area contributed by atoms with Gasteiger partial charge in [0.25, 0.3) is 0 Å². The molecule has 1 unspecified atom stereocenters. The van der Waals surface area contributed by atoms with E-state index in [-0.39, 0.29) is 18.6 Å². The highest BCUT2D eigenvalue weighted by molar-refractivity contribution is 5.70. The lowest BCUT2D eigenvalue weighted by Gasteiger charge is -2.12. The first-order valence-electron chi connectivity index (χ1n) is 6.07.